The molecule has 0 amide bonds. The van der Waals surface area contributed by atoms with Crippen molar-refractivity contribution in [2.75, 3.05) is 11.4 Å². The highest BCUT2D eigenvalue weighted by atomic mass is 19.1. The van der Waals surface area contributed by atoms with Gasteiger partial charge in [0.1, 0.15) is 11.6 Å². The lowest BCUT2D eigenvalue weighted by atomic mass is 9.88. The van der Waals surface area contributed by atoms with Gasteiger partial charge in [-0.25, -0.2) is 8.78 Å². The van der Waals surface area contributed by atoms with Gasteiger partial charge in [0, 0.05) is 12.2 Å². The Labute approximate surface area is 146 Å². The topological polar surface area (TPSA) is 3.24 Å². The molecule has 1 atom stereocenters. The lowest BCUT2D eigenvalue weighted by Gasteiger charge is -2.39. The van der Waals surface area contributed by atoms with E-state index in [0.717, 1.165) is 30.6 Å². The Morgan fingerprint density at radius 1 is 0.800 bits per heavy atom. The number of anilines is 1. The third-order valence-electron chi connectivity index (χ3n) is 4.91. The van der Waals surface area contributed by atoms with Crippen molar-refractivity contribution in [3.8, 4) is 0 Å². The van der Waals surface area contributed by atoms with Crippen LogP contribution in [-0.4, -0.2) is 6.54 Å². The Hall–Kier alpha value is -2.68. The van der Waals surface area contributed by atoms with Crippen LogP contribution in [0.1, 0.15) is 22.7 Å². The van der Waals surface area contributed by atoms with Crippen LogP contribution in [0.5, 0.6) is 0 Å². The van der Waals surface area contributed by atoms with Crippen LogP contribution < -0.4 is 4.90 Å². The van der Waals surface area contributed by atoms with Crippen LogP contribution in [0.2, 0.25) is 0 Å². The van der Waals surface area contributed by atoms with Gasteiger partial charge in [-0.3, -0.25) is 0 Å². The molecule has 0 aliphatic carbocycles. The van der Waals surface area contributed by atoms with Gasteiger partial charge in [-0.15, -0.1) is 0 Å². The van der Waals surface area contributed by atoms with Crippen molar-refractivity contribution in [1.82, 2.24) is 0 Å². The predicted octanol–water partition coefficient (Wildman–Crippen LogP) is 5.31. The summed E-state index contributed by atoms with van der Waals surface area (Å²) < 4.78 is 26.6. The molecule has 1 aliphatic rings. The number of fused-ring (bicyclic) bond motifs is 1. The first-order valence-corrected chi connectivity index (χ1v) is 8.55. The standard InChI is InChI=1S/C22H19F2N/c23-18-7-5-16(6-8-18)15-22-21-4-2-1-3-17(21)13-14-25(22)20-11-9-19(24)10-12-20/h1-12,22H,13-15H2. The molecule has 0 spiro atoms. The van der Waals surface area contributed by atoms with Gasteiger partial charge in [0.15, 0.2) is 0 Å². The molecule has 1 unspecified atom stereocenters. The summed E-state index contributed by atoms with van der Waals surface area (Å²) in [7, 11) is 0. The van der Waals surface area contributed by atoms with Gasteiger partial charge < -0.3 is 4.90 Å². The molecule has 1 aliphatic heterocycles. The SMILES string of the molecule is Fc1ccc(CC2c3ccccc3CCN2c2ccc(F)cc2)cc1. The first-order chi connectivity index (χ1) is 12.2. The highest BCUT2D eigenvalue weighted by molar-refractivity contribution is 5.52. The van der Waals surface area contributed by atoms with E-state index in [2.05, 4.69) is 29.2 Å². The molecule has 0 saturated carbocycles. The summed E-state index contributed by atoms with van der Waals surface area (Å²) >= 11 is 0. The van der Waals surface area contributed by atoms with Crippen molar-refractivity contribution in [2.45, 2.75) is 18.9 Å². The van der Waals surface area contributed by atoms with Crippen molar-refractivity contribution in [3.05, 3.63) is 101 Å². The van der Waals surface area contributed by atoms with Crippen molar-refractivity contribution in [1.29, 1.82) is 0 Å². The van der Waals surface area contributed by atoms with Crippen molar-refractivity contribution >= 4 is 5.69 Å². The molecular formula is C22H19F2N. The third-order valence-corrected chi connectivity index (χ3v) is 4.91. The van der Waals surface area contributed by atoms with Crippen LogP contribution >= 0.6 is 0 Å². The zero-order valence-electron chi connectivity index (χ0n) is 13.8. The summed E-state index contributed by atoms with van der Waals surface area (Å²) in [5.41, 5.74) is 4.76. The van der Waals surface area contributed by atoms with Gasteiger partial charge in [0.2, 0.25) is 0 Å². The zero-order valence-corrected chi connectivity index (χ0v) is 13.8. The Kier molecular flexibility index (Phi) is 4.22. The number of hydrogen-bond acceptors (Lipinski definition) is 1. The molecular weight excluding hydrogens is 316 g/mol. The molecule has 0 bridgehead atoms. The van der Waals surface area contributed by atoms with Gasteiger partial charge in [-0.1, -0.05) is 36.4 Å². The second kappa shape index (κ2) is 6.67. The van der Waals surface area contributed by atoms with Gasteiger partial charge in [-0.05, 0) is 65.9 Å². The summed E-state index contributed by atoms with van der Waals surface area (Å²) in [5, 5.41) is 0. The van der Waals surface area contributed by atoms with Crippen LogP contribution in [0.4, 0.5) is 14.5 Å². The molecule has 0 saturated heterocycles. The number of rotatable bonds is 3. The number of nitrogens with zero attached hydrogens (tertiary/aromatic N) is 1. The van der Waals surface area contributed by atoms with E-state index in [4.69, 9.17) is 0 Å². The van der Waals surface area contributed by atoms with Crippen LogP contribution in [0.15, 0.2) is 72.8 Å². The van der Waals surface area contributed by atoms with E-state index >= 15 is 0 Å². The van der Waals surface area contributed by atoms with Gasteiger partial charge >= 0.3 is 0 Å². The molecule has 3 aromatic carbocycles. The largest absolute Gasteiger partial charge is 0.364 e. The van der Waals surface area contributed by atoms with E-state index in [0.29, 0.717) is 0 Å². The molecule has 0 N–H and O–H groups in total. The predicted molar refractivity (Wildman–Crippen MR) is 96.7 cm³/mol. The van der Waals surface area contributed by atoms with Crippen molar-refractivity contribution < 1.29 is 8.78 Å². The Bertz CT molecular complexity index is 856. The average molecular weight is 335 g/mol. The maximum atomic E-state index is 13.3. The first-order valence-electron chi connectivity index (χ1n) is 8.55. The van der Waals surface area contributed by atoms with E-state index in [-0.39, 0.29) is 17.7 Å². The molecule has 1 nitrogen and oxygen atoms in total. The maximum absolute atomic E-state index is 13.3. The van der Waals surface area contributed by atoms with E-state index in [1.54, 1.807) is 0 Å². The quantitative estimate of drug-likeness (QED) is 0.627. The average Bonchev–Trinajstić information content (AvgIpc) is 2.65. The zero-order chi connectivity index (χ0) is 17.2. The fourth-order valence-corrected chi connectivity index (χ4v) is 3.66. The molecule has 0 aromatic heterocycles. The van der Waals surface area contributed by atoms with Crippen LogP contribution in [0, 0.1) is 11.6 Å². The second-order valence-corrected chi connectivity index (χ2v) is 6.47. The van der Waals surface area contributed by atoms with Crippen molar-refractivity contribution in [2.24, 2.45) is 0 Å². The van der Waals surface area contributed by atoms with Gasteiger partial charge in [0.25, 0.3) is 0 Å². The molecule has 1 heterocycles. The normalized spacial score (nSPS) is 16.6. The Balaban J connectivity index is 1.72. The monoisotopic (exact) mass is 335 g/mol. The fraction of sp³-hybridized carbons (Fsp3) is 0.182. The van der Waals surface area contributed by atoms with Crippen LogP contribution in [-0.2, 0) is 12.8 Å². The Morgan fingerprint density at radius 2 is 1.44 bits per heavy atom. The molecule has 0 fully saturated rings. The fourth-order valence-electron chi connectivity index (χ4n) is 3.66. The van der Waals surface area contributed by atoms with Crippen LogP contribution in [0.3, 0.4) is 0 Å². The number of hydrogen-bond donors (Lipinski definition) is 0. The van der Waals surface area contributed by atoms with E-state index in [9.17, 15) is 8.78 Å². The van der Waals surface area contributed by atoms with Crippen molar-refractivity contribution in [3.63, 3.8) is 0 Å². The molecule has 126 valence electrons. The smallest absolute Gasteiger partial charge is 0.123 e. The van der Waals surface area contributed by atoms with E-state index < -0.39 is 0 Å². The summed E-state index contributed by atoms with van der Waals surface area (Å²) in [5.74, 6) is -0.445. The van der Waals surface area contributed by atoms with Gasteiger partial charge in [0.05, 0.1) is 6.04 Å². The lowest BCUT2D eigenvalue weighted by Crippen LogP contribution is -2.36. The van der Waals surface area contributed by atoms with Crippen LogP contribution in [0.25, 0.3) is 0 Å². The minimum absolute atomic E-state index is 0.154. The molecule has 3 aromatic rings. The summed E-state index contributed by atoms with van der Waals surface area (Å²) in [6.45, 7) is 0.883. The minimum Gasteiger partial charge on any atom is -0.364 e. The second-order valence-electron chi connectivity index (χ2n) is 6.47. The lowest BCUT2D eigenvalue weighted by molar-refractivity contribution is 0.576. The summed E-state index contributed by atoms with van der Waals surface area (Å²) in [4.78, 5) is 2.32. The Morgan fingerprint density at radius 3 is 2.16 bits per heavy atom. The summed E-state index contributed by atoms with van der Waals surface area (Å²) in [6, 6.07) is 22.0. The third kappa shape index (κ3) is 3.27. The number of benzene rings is 3. The highest BCUT2D eigenvalue weighted by Crippen LogP contribution is 2.36. The highest BCUT2D eigenvalue weighted by Gasteiger charge is 2.27. The maximum Gasteiger partial charge on any atom is 0.123 e. The summed E-state index contributed by atoms with van der Waals surface area (Å²) in [6.07, 6.45) is 1.75. The molecule has 25 heavy (non-hydrogen) atoms. The van der Waals surface area contributed by atoms with E-state index in [1.807, 2.05) is 24.3 Å². The molecule has 4 rings (SSSR count). The van der Waals surface area contributed by atoms with E-state index in [1.165, 1.54) is 35.4 Å². The minimum atomic E-state index is -0.226. The molecule has 3 heteroatoms. The molecule has 0 radical (unpaired) electrons. The first kappa shape index (κ1) is 15.8. The number of halogens is 2. The van der Waals surface area contributed by atoms with Gasteiger partial charge in [-0.2, -0.15) is 0 Å².